The van der Waals surface area contributed by atoms with Gasteiger partial charge in [-0.15, -0.1) is 6.58 Å². The molecule has 2 aliphatic rings. The van der Waals surface area contributed by atoms with E-state index < -0.39 is 0 Å². The summed E-state index contributed by atoms with van der Waals surface area (Å²) in [6, 6.07) is 10.8. The van der Waals surface area contributed by atoms with Crippen molar-refractivity contribution in [1.82, 2.24) is 9.80 Å². The third-order valence-electron chi connectivity index (χ3n) is 4.57. The molecule has 2 atom stereocenters. The molecular weight excluding hydrogens is 274 g/mol. The lowest BCUT2D eigenvalue weighted by molar-refractivity contribution is 0.0758. The predicted octanol–water partition coefficient (Wildman–Crippen LogP) is 2.02. The van der Waals surface area contributed by atoms with E-state index in [2.05, 4.69) is 28.5 Å². The van der Waals surface area contributed by atoms with E-state index in [-0.39, 0.29) is 0 Å². The number of nitrogens with zero attached hydrogens (tertiary/aromatic N) is 3. The van der Waals surface area contributed by atoms with Gasteiger partial charge in [-0.2, -0.15) is 5.26 Å². The van der Waals surface area contributed by atoms with Crippen LogP contribution in [0.4, 0.5) is 0 Å². The van der Waals surface area contributed by atoms with Crippen LogP contribution in [0.1, 0.15) is 17.5 Å². The Morgan fingerprint density at radius 2 is 2.27 bits per heavy atom. The Morgan fingerprint density at radius 1 is 1.36 bits per heavy atom. The van der Waals surface area contributed by atoms with E-state index in [4.69, 9.17) is 10.00 Å². The van der Waals surface area contributed by atoms with Crippen molar-refractivity contribution in [2.45, 2.75) is 25.1 Å². The number of rotatable bonds is 5. The zero-order chi connectivity index (χ0) is 15.4. The maximum atomic E-state index is 9.00. The molecule has 0 amide bonds. The number of fused-ring (bicyclic) bond motifs is 1. The molecule has 2 saturated heterocycles. The van der Waals surface area contributed by atoms with Gasteiger partial charge in [-0.05, 0) is 24.1 Å². The summed E-state index contributed by atoms with van der Waals surface area (Å²) in [5.74, 6) is 0. The minimum atomic E-state index is 0.352. The fraction of sp³-hybridized carbons (Fsp3) is 0.500. The van der Waals surface area contributed by atoms with Crippen LogP contribution in [0, 0.1) is 11.3 Å². The molecule has 0 saturated carbocycles. The maximum Gasteiger partial charge on any atom is 0.0991 e. The summed E-state index contributed by atoms with van der Waals surface area (Å²) in [4.78, 5) is 5.05. The number of benzene rings is 1. The third kappa shape index (κ3) is 3.56. The second kappa shape index (κ2) is 7.06. The molecule has 22 heavy (non-hydrogen) atoms. The van der Waals surface area contributed by atoms with Crippen molar-refractivity contribution in [2.24, 2.45) is 0 Å². The highest BCUT2D eigenvalue weighted by Crippen LogP contribution is 2.25. The molecule has 0 bridgehead atoms. The van der Waals surface area contributed by atoms with Gasteiger partial charge in [0.15, 0.2) is 0 Å². The Balaban J connectivity index is 1.55. The molecule has 2 aliphatic heterocycles. The summed E-state index contributed by atoms with van der Waals surface area (Å²) in [7, 11) is 0. The Labute approximate surface area is 132 Å². The van der Waals surface area contributed by atoms with Crippen LogP contribution in [0.5, 0.6) is 0 Å². The van der Waals surface area contributed by atoms with Crippen LogP contribution in [-0.2, 0) is 11.3 Å². The van der Waals surface area contributed by atoms with E-state index in [9.17, 15) is 0 Å². The highest BCUT2D eigenvalue weighted by atomic mass is 16.5. The molecule has 0 aromatic heterocycles. The molecule has 0 N–H and O–H groups in total. The lowest BCUT2D eigenvalue weighted by Gasteiger charge is -2.37. The topological polar surface area (TPSA) is 39.5 Å². The van der Waals surface area contributed by atoms with Crippen molar-refractivity contribution < 1.29 is 4.74 Å². The van der Waals surface area contributed by atoms with Crippen LogP contribution in [0.25, 0.3) is 0 Å². The molecule has 4 nitrogen and oxygen atoms in total. The molecule has 4 heteroatoms. The van der Waals surface area contributed by atoms with Crippen LogP contribution >= 0.6 is 0 Å². The van der Waals surface area contributed by atoms with Crippen LogP contribution in [0.15, 0.2) is 36.9 Å². The molecule has 0 radical (unpaired) electrons. The van der Waals surface area contributed by atoms with Crippen molar-refractivity contribution in [3.8, 4) is 6.07 Å². The van der Waals surface area contributed by atoms with Crippen molar-refractivity contribution in [3.63, 3.8) is 0 Å². The lowest BCUT2D eigenvalue weighted by atomic mass is 10.1. The number of hydrogen-bond acceptors (Lipinski definition) is 4. The van der Waals surface area contributed by atoms with Gasteiger partial charge < -0.3 is 4.74 Å². The van der Waals surface area contributed by atoms with Gasteiger partial charge in [0, 0.05) is 38.8 Å². The Morgan fingerprint density at radius 3 is 3.09 bits per heavy atom. The summed E-state index contributed by atoms with van der Waals surface area (Å²) < 4.78 is 5.81. The fourth-order valence-corrected chi connectivity index (χ4v) is 3.53. The van der Waals surface area contributed by atoms with Crippen LogP contribution in [0.3, 0.4) is 0 Å². The van der Waals surface area contributed by atoms with E-state index in [0.29, 0.717) is 18.8 Å². The predicted molar refractivity (Wildman–Crippen MR) is 86.3 cm³/mol. The standard InChI is InChI=1S/C18H23N3O/c1-2-8-22-18-10-17-13-20(6-7-21(17)14-18)12-16-5-3-4-15(9-16)11-19/h2-5,9,17-18H,1,6-8,10,12-14H2/t17-,18+/m0/s1. The largest absolute Gasteiger partial charge is 0.373 e. The summed E-state index contributed by atoms with van der Waals surface area (Å²) in [5, 5.41) is 9.00. The van der Waals surface area contributed by atoms with Gasteiger partial charge in [0.1, 0.15) is 0 Å². The molecule has 1 aromatic rings. The van der Waals surface area contributed by atoms with Crippen LogP contribution < -0.4 is 0 Å². The van der Waals surface area contributed by atoms with Crippen molar-refractivity contribution >= 4 is 0 Å². The third-order valence-corrected chi connectivity index (χ3v) is 4.57. The Bertz CT molecular complexity index is 566. The van der Waals surface area contributed by atoms with Crippen molar-refractivity contribution in [2.75, 3.05) is 32.8 Å². The van der Waals surface area contributed by atoms with E-state index >= 15 is 0 Å². The molecule has 0 spiro atoms. The average molecular weight is 297 g/mol. The quantitative estimate of drug-likeness (QED) is 0.780. The first kappa shape index (κ1) is 15.2. The fourth-order valence-electron chi connectivity index (χ4n) is 3.53. The second-order valence-electron chi connectivity index (χ2n) is 6.18. The zero-order valence-corrected chi connectivity index (χ0v) is 12.9. The summed E-state index contributed by atoms with van der Waals surface area (Å²) in [6.45, 7) is 9.63. The number of piperazine rings is 1. The number of hydrogen-bond donors (Lipinski definition) is 0. The smallest absolute Gasteiger partial charge is 0.0991 e. The Hall–Kier alpha value is -1.67. The van der Waals surface area contributed by atoms with E-state index in [0.717, 1.165) is 44.7 Å². The van der Waals surface area contributed by atoms with Gasteiger partial charge in [0.05, 0.1) is 24.3 Å². The van der Waals surface area contributed by atoms with Gasteiger partial charge in [-0.1, -0.05) is 18.2 Å². The molecule has 1 aromatic carbocycles. The van der Waals surface area contributed by atoms with Crippen molar-refractivity contribution in [1.29, 1.82) is 5.26 Å². The Kier molecular flexibility index (Phi) is 4.89. The monoisotopic (exact) mass is 297 g/mol. The van der Waals surface area contributed by atoms with Gasteiger partial charge in [-0.3, -0.25) is 9.80 Å². The molecule has 3 rings (SSSR count). The average Bonchev–Trinajstić information content (AvgIpc) is 2.95. The van der Waals surface area contributed by atoms with E-state index in [1.807, 2.05) is 24.3 Å². The normalized spacial score (nSPS) is 25.6. The van der Waals surface area contributed by atoms with Gasteiger partial charge in [0.2, 0.25) is 0 Å². The zero-order valence-electron chi connectivity index (χ0n) is 12.9. The summed E-state index contributed by atoms with van der Waals surface area (Å²) in [6.07, 6.45) is 3.29. The molecule has 2 fully saturated rings. The summed E-state index contributed by atoms with van der Waals surface area (Å²) in [5.41, 5.74) is 1.97. The van der Waals surface area contributed by atoms with Crippen LogP contribution in [0.2, 0.25) is 0 Å². The first-order valence-corrected chi connectivity index (χ1v) is 7.96. The van der Waals surface area contributed by atoms with Gasteiger partial charge >= 0.3 is 0 Å². The minimum absolute atomic E-state index is 0.352. The van der Waals surface area contributed by atoms with Gasteiger partial charge in [-0.25, -0.2) is 0 Å². The molecule has 0 aliphatic carbocycles. The highest BCUT2D eigenvalue weighted by Gasteiger charge is 2.36. The summed E-state index contributed by atoms with van der Waals surface area (Å²) >= 11 is 0. The van der Waals surface area contributed by atoms with Crippen molar-refractivity contribution in [3.05, 3.63) is 48.0 Å². The molecule has 2 heterocycles. The maximum absolute atomic E-state index is 9.00. The first-order valence-electron chi connectivity index (χ1n) is 7.96. The molecule has 0 unspecified atom stereocenters. The molecule has 116 valence electrons. The number of ether oxygens (including phenoxy) is 1. The van der Waals surface area contributed by atoms with Crippen LogP contribution in [-0.4, -0.2) is 54.7 Å². The lowest BCUT2D eigenvalue weighted by Crippen LogP contribution is -2.49. The van der Waals surface area contributed by atoms with E-state index in [1.165, 1.54) is 5.56 Å². The molecular formula is C18H23N3O. The van der Waals surface area contributed by atoms with E-state index in [1.54, 1.807) is 0 Å². The SMILES string of the molecule is C=CCO[C@@H]1C[C@H]2CN(Cc3cccc(C#N)c3)CCN2C1. The number of nitriles is 1. The van der Waals surface area contributed by atoms with Gasteiger partial charge in [0.25, 0.3) is 0 Å². The highest BCUT2D eigenvalue weighted by molar-refractivity contribution is 5.32. The first-order chi connectivity index (χ1) is 10.8. The second-order valence-corrected chi connectivity index (χ2v) is 6.18. The minimum Gasteiger partial charge on any atom is -0.373 e.